The first-order valence-electron chi connectivity index (χ1n) is 3.69. The highest BCUT2D eigenvalue weighted by molar-refractivity contribution is 7.05. The van der Waals surface area contributed by atoms with Crippen LogP contribution >= 0.6 is 11.5 Å². The predicted octanol–water partition coefficient (Wildman–Crippen LogP) is 1.38. The van der Waals surface area contributed by atoms with Crippen LogP contribution in [0.15, 0.2) is 6.20 Å². The van der Waals surface area contributed by atoms with Gasteiger partial charge in [-0.15, -0.1) is 16.9 Å². The second kappa shape index (κ2) is 4.86. The fraction of sp³-hybridized carbons (Fsp3) is 0.500. The third-order valence-corrected chi connectivity index (χ3v) is 2.19. The van der Waals surface area contributed by atoms with E-state index in [9.17, 15) is 5.11 Å². The van der Waals surface area contributed by atoms with Crippen LogP contribution in [0.4, 0.5) is 0 Å². The van der Waals surface area contributed by atoms with Crippen molar-refractivity contribution in [3.8, 4) is 11.8 Å². The number of hydrogen-bond acceptors (Lipinski definition) is 4. The summed E-state index contributed by atoms with van der Waals surface area (Å²) in [6, 6.07) is 0. The molecule has 1 aromatic rings. The van der Waals surface area contributed by atoms with Gasteiger partial charge < -0.3 is 5.11 Å². The van der Waals surface area contributed by atoms with Crippen molar-refractivity contribution >= 4 is 11.5 Å². The molecule has 0 bridgehead atoms. The Hall–Kier alpha value is -0.920. The Bertz CT molecular complexity index is 273. The average Bonchev–Trinajstić information content (AvgIpc) is 2.56. The van der Waals surface area contributed by atoms with Crippen molar-refractivity contribution in [2.75, 3.05) is 0 Å². The van der Waals surface area contributed by atoms with Crippen LogP contribution in [0.1, 0.15) is 30.7 Å². The zero-order chi connectivity index (χ0) is 8.81. The number of aliphatic hydroxyl groups excluding tert-OH is 1. The first kappa shape index (κ1) is 9.17. The molecule has 64 valence electrons. The Kier molecular flexibility index (Phi) is 3.71. The van der Waals surface area contributed by atoms with E-state index in [0.29, 0.717) is 6.42 Å². The zero-order valence-electron chi connectivity index (χ0n) is 6.82. The third-order valence-electron chi connectivity index (χ3n) is 1.43. The van der Waals surface area contributed by atoms with Crippen LogP contribution in [-0.4, -0.2) is 14.7 Å². The van der Waals surface area contributed by atoms with Crippen molar-refractivity contribution < 1.29 is 5.11 Å². The van der Waals surface area contributed by atoms with Gasteiger partial charge in [0.1, 0.15) is 0 Å². The Balaban J connectivity index is 2.37. The smallest absolute Gasteiger partial charge is 0.0923 e. The Morgan fingerprint density at radius 3 is 3.17 bits per heavy atom. The molecule has 1 N–H and O–H groups in total. The summed E-state index contributed by atoms with van der Waals surface area (Å²) in [5.74, 6) is 5.67. The minimum Gasteiger partial charge on any atom is -0.387 e. The Labute approximate surface area is 75.6 Å². The lowest BCUT2D eigenvalue weighted by atomic mass is 10.2. The van der Waals surface area contributed by atoms with Gasteiger partial charge in [-0.1, -0.05) is 4.49 Å². The molecule has 3 nitrogen and oxygen atoms in total. The van der Waals surface area contributed by atoms with Crippen molar-refractivity contribution in [1.29, 1.82) is 0 Å². The normalized spacial score (nSPS) is 11.8. The molecule has 0 aliphatic rings. The Morgan fingerprint density at radius 1 is 1.75 bits per heavy atom. The van der Waals surface area contributed by atoms with Gasteiger partial charge in [-0.2, -0.15) is 0 Å². The average molecular weight is 182 g/mol. The summed E-state index contributed by atoms with van der Waals surface area (Å²) < 4.78 is 3.67. The minimum atomic E-state index is -0.453. The van der Waals surface area contributed by atoms with Crippen LogP contribution in [0, 0.1) is 11.8 Å². The third kappa shape index (κ3) is 2.61. The molecule has 0 fully saturated rings. The standard InChI is InChI=1S/C8H10N2OS/c1-2-3-4-5-7(11)8-6-9-10-12-8/h6-7,11H,4-5H2,1H3. The number of rotatable bonds is 3. The first-order chi connectivity index (χ1) is 5.84. The minimum absolute atomic E-state index is 0.453. The second-order valence-corrected chi connectivity index (χ2v) is 3.12. The van der Waals surface area contributed by atoms with Crippen molar-refractivity contribution in [2.45, 2.75) is 25.9 Å². The van der Waals surface area contributed by atoms with Crippen LogP contribution in [0.25, 0.3) is 0 Å². The van der Waals surface area contributed by atoms with Gasteiger partial charge in [0.15, 0.2) is 0 Å². The molecular weight excluding hydrogens is 172 g/mol. The molecule has 0 saturated carbocycles. The van der Waals surface area contributed by atoms with E-state index in [4.69, 9.17) is 0 Å². The Morgan fingerprint density at radius 2 is 2.58 bits per heavy atom. The molecule has 0 spiro atoms. The molecule has 0 aliphatic carbocycles. The van der Waals surface area contributed by atoms with Gasteiger partial charge in [0.05, 0.1) is 17.2 Å². The monoisotopic (exact) mass is 182 g/mol. The second-order valence-electron chi connectivity index (χ2n) is 2.30. The number of nitrogens with zero attached hydrogens (tertiary/aromatic N) is 2. The fourth-order valence-corrected chi connectivity index (χ4v) is 1.32. The summed E-state index contributed by atoms with van der Waals surface area (Å²) in [6.07, 6.45) is 2.51. The molecule has 0 radical (unpaired) electrons. The van der Waals surface area contributed by atoms with E-state index < -0.39 is 6.10 Å². The zero-order valence-corrected chi connectivity index (χ0v) is 7.64. The maximum atomic E-state index is 9.50. The molecular formula is C8H10N2OS. The summed E-state index contributed by atoms with van der Waals surface area (Å²) in [7, 11) is 0. The van der Waals surface area contributed by atoms with E-state index >= 15 is 0 Å². The van der Waals surface area contributed by atoms with Gasteiger partial charge in [-0.05, 0) is 24.9 Å². The van der Waals surface area contributed by atoms with Crippen LogP contribution in [0.3, 0.4) is 0 Å². The highest BCUT2D eigenvalue weighted by atomic mass is 32.1. The number of hydrogen-bond donors (Lipinski definition) is 1. The van der Waals surface area contributed by atoms with Crippen molar-refractivity contribution in [3.05, 3.63) is 11.1 Å². The van der Waals surface area contributed by atoms with Crippen LogP contribution in [0.2, 0.25) is 0 Å². The van der Waals surface area contributed by atoms with E-state index in [1.165, 1.54) is 11.5 Å². The van der Waals surface area contributed by atoms with E-state index in [1.54, 1.807) is 13.1 Å². The van der Waals surface area contributed by atoms with E-state index in [2.05, 4.69) is 21.4 Å². The maximum Gasteiger partial charge on any atom is 0.0923 e. The van der Waals surface area contributed by atoms with Crippen molar-refractivity contribution in [2.24, 2.45) is 0 Å². The van der Waals surface area contributed by atoms with E-state index in [1.807, 2.05) is 0 Å². The van der Waals surface area contributed by atoms with Gasteiger partial charge in [-0.25, -0.2) is 0 Å². The highest BCUT2D eigenvalue weighted by Crippen LogP contribution is 2.19. The number of aliphatic hydroxyl groups is 1. The van der Waals surface area contributed by atoms with Crippen molar-refractivity contribution in [3.63, 3.8) is 0 Å². The SMILES string of the molecule is CC#CCCC(O)c1cnns1. The number of aromatic nitrogens is 2. The molecule has 0 aromatic carbocycles. The lowest BCUT2D eigenvalue weighted by molar-refractivity contribution is 0.173. The van der Waals surface area contributed by atoms with E-state index in [0.717, 1.165) is 11.3 Å². The summed E-state index contributed by atoms with van der Waals surface area (Å²) in [4.78, 5) is 0.813. The van der Waals surface area contributed by atoms with Gasteiger partial charge in [0, 0.05) is 6.42 Å². The molecule has 0 saturated heterocycles. The van der Waals surface area contributed by atoms with Gasteiger partial charge in [0.25, 0.3) is 0 Å². The van der Waals surface area contributed by atoms with Crippen LogP contribution < -0.4 is 0 Å². The quantitative estimate of drug-likeness (QED) is 0.718. The molecule has 1 rings (SSSR count). The van der Waals surface area contributed by atoms with Crippen molar-refractivity contribution in [1.82, 2.24) is 9.59 Å². The first-order valence-corrected chi connectivity index (χ1v) is 4.47. The summed E-state index contributed by atoms with van der Waals surface area (Å²) >= 11 is 1.23. The lowest BCUT2D eigenvalue weighted by Gasteiger charge is -2.02. The van der Waals surface area contributed by atoms with Crippen LogP contribution in [0.5, 0.6) is 0 Å². The maximum absolute atomic E-state index is 9.50. The van der Waals surface area contributed by atoms with Gasteiger partial charge in [0.2, 0.25) is 0 Å². The molecule has 12 heavy (non-hydrogen) atoms. The molecule has 0 aliphatic heterocycles. The molecule has 1 unspecified atom stereocenters. The van der Waals surface area contributed by atoms with Gasteiger partial charge >= 0.3 is 0 Å². The fourth-order valence-electron chi connectivity index (χ4n) is 0.798. The summed E-state index contributed by atoms with van der Waals surface area (Å²) in [6.45, 7) is 1.79. The predicted molar refractivity (Wildman–Crippen MR) is 47.6 cm³/mol. The highest BCUT2D eigenvalue weighted by Gasteiger charge is 2.08. The summed E-state index contributed by atoms with van der Waals surface area (Å²) in [5.41, 5.74) is 0. The molecule has 0 amide bonds. The molecule has 4 heteroatoms. The molecule has 1 heterocycles. The van der Waals surface area contributed by atoms with E-state index in [-0.39, 0.29) is 0 Å². The molecule has 1 atom stereocenters. The summed E-state index contributed by atoms with van der Waals surface area (Å²) in [5, 5.41) is 13.1. The topological polar surface area (TPSA) is 46.0 Å². The van der Waals surface area contributed by atoms with Crippen LogP contribution in [-0.2, 0) is 0 Å². The largest absolute Gasteiger partial charge is 0.387 e. The van der Waals surface area contributed by atoms with Gasteiger partial charge in [-0.3, -0.25) is 0 Å². The lowest BCUT2D eigenvalue weighted by Crippen LogP contribution is -1.92. The molecule has 1 aromatic heterocycles.